The smallest absolute Gasteiger partial charge is 0.351 e. The van der Waals surface area contributed by atoms with Crippen molar-refractivity contribution in [3.8, 4) is 0 Å². The molecular formula is C16H15ClN2O4. The number of esters is 2. The molecule has 1 atom stereocenters. The van der Waals surface area contributed by atoms with Crippen LogP contribution in [-0.4, -0.2) is 28.8 Å². The number of aromatic nitrogens is 2. The summed E-state index contributed by atoms with van der Waals surface area (Å²) in [5.74, 6) is -1.36. The number of nitrogens with zero attached hydrogens (tertiary/aromatic N) is 2. The van der Waals surface area contributed by atoms with E-state index in [1.54, 1.807) is 54.5 Å². The van der Waals surface area contributed by atoms with Gasteiger partial charge in [0.15, 0.2) is 0 Å². The summed E-state index contributed by atoms with van der Waals surface area (Å²) in [5, 5.41) is 4.41. The minimum Gasteiger partial charge on any atom is -0.466 e. The maximum Gasteiger partial charge on any atom is 0.351 e. The topological polar surface area (TPSA) is 70.4 Å². The first-order valence-corrected chi connectivity index (χ1v) is 7.08. The number of hydrogen-bond acceptors (Lipinski definition) is 5. The fourth-order valence-electron chi connectivity index (χ4n) is 1.87. The summed E-state index contributed by atoms with van der Waals surface area (Å²) >= 11 is 5.90. The lowest BCUT2D eigenvalue weighted by Crippen LogP contribution is -2.20. The zero-order valence-electron chi connectivity index (χ0n) is 12.6. The highest BCUT2D eigenvalue weighted by atomic mass is 35.5. The molecule has 120 valence electrons. The minimum absolute atomic E-state index is 0.429. The standard InChI is InChI=1S/C16H15ClN2O4/c1-19-10-11(9-18-19)6-7-14(20)23-15(16(21)22-2)12-4-3-5-13(17)8-12/h3-10,15H,1-2H3/b7-6-. The van der Waals surface area contributed by atoms with Crippen molar-refractivity contribution in [2.45, 2.75) is 6.10 Å². The second-order valence-corrected chi connectivity index (χ2v) is 5.11. The van der Waals surface area contributed by atoms with Gasteiger partial charge in [-0.15, -0.1) is 0 Å². The molecule has 1 aromatic carbocycles. The molecule has 0 radical (unpaired) electrons. The van der Waals surface area contributed by atoms with E-state index in [2.05, 4.69) is 9.84 Å². The van der Waals surface area contributed by atoms with Crippen molar-refractivity contribution in [3.63, 3.8) is 0 Å². The summed E-state index contributed by atoms with van der Waals surface area (Å²) in [6.45, 7) is 0. The Bertz CT molecular complexity index is 739. The number of carbonyl (C=O) groups excluding carboxylic acids is 2. The minimum atomic E-state index is -1.18. The summed E-state index contributed by atoms with van der Waals surface area (Å²) in [6.07, 6.45) is 4.92. The Balaban J connectivity index is 2.13. The van der Waals surface area contributed by atoms with Crippen LogP contribution in [-0.2, 0) is 26.1 Å². The third kappa shape index (κ3) is 4.69. The van der Waals surface area contributed by atoms with Gasteiger partial charge in [0.05, 0.1) is 13.3 Å². The summed E-state index contributed by atoms with van der Waals surface area (Å²) in [5.41, 5.74) is 1.18. The Morgan fingerprint density at radius 2 is 2.17 bits per heavy atom. The summed E-state index contributed by atoms with van der Waals surface area (Å²) < 4.78 is 11.5. The van der Waals surface area contributed by atoms with Crippen LogP contribution in [0.4, 0.5) is 0 Å². The highest BCUT2D eigenvalue weighted by molar-refractivity contribution is 6.30. The Morgan fingerprint density at radius 3 is 2.78 bits per heavy atom. The number of hydrogen-bond donors (Lipinski definition) is 0. The molecule has 23 heavy (non-hydrogen) atoms. The van der Waals surface area contributed by atoms with Crippen LogP contribution >= 0.6 is 11.6 Å². The van der Waals surface area contributed by atoms with E-state index in [9.17, 15) is 9.59 Å². The number of carbonyl (C=O) groups is 2. The van der Waals surface area contributed by atoms with E-state index in [4.69, 9.17) is 16.3 Å². The number of halogens is 1. The first-order chi connectivity index (χ1) is 11.0. The molecule has 0 aliphatic rings. The Kier molecular flexibility index (Phi) is 5.54. The quantitative estimate of drug-likeness (QED) is 0.620. The second-order valence-electron chi connectivity index (χ2n) is 4.68. The zero-order valence-corrected chi connectivity index (χ0v) is 13.4. The normalized spacial score (nSPS) is 12.1. The summed E-state index contributed by atoms with van der Waals surface area (Å²) in [6, 6.07) is 6.49. The van der Waals surface area contributed by atoms with Crippen molar-refractivity contribution >= 4 is 29.6 Å². The van der Waals surface area contributed by atoms with Crippen LogP contribution in [0, 0.1) is 0 Å². The number of rotatable bonds is 5. The number of aryl methyl sites for hydroxylation is 1. The van der Waals surface area contributed by atoms with Gasteiger partial charge in [0.2, 0.25) is 6.10 Å². The van der Waals surface area contributed by atoms with E-state index >= 15 is 0 Å². The highest BCUT2D eigenvalue weighted by Gasteiger charge is 2.25. The van der Waals surface area contributed by atoms with E-state index in [-0.39, 0.29) is 0 Å². The molecule has 2 aromatic rings. The van der Waals surface area contributed by atoms with Crippen molar-refractivity contribution in [1.29, 1.82) is 0 Å². The van der Waals surface area contributed by atoms with Gasteiger partial charge in [0.25, 0.3) is 0 Å². The third-order valence-electron chi connectivity index (χ3n) is 2.94. The monoisotopic (exact) mass is 334 g/mol. The first-order valence-electron chi connectivity index (χ1n) is 6.70. The van der Waals surface area contributed by atoms with Crippen molar-refractivity contribution in [2.75, 3.05) is 7.11 Å². The van der Waals surface area contributed by atoms with Crippen LogP contribution in [0.5, 0.6) is 0 Å². The fraction of sp³-hybridized carbons (Fsp3) is 0.188. The summed E-state index contributed by atoms with van der Waals surface area (Å²) in [4.78, 5) is 23.8. The molecule has 0 fully saturated rings. The van der Waals surface area contributed by atoms with Gasteiger partial charge in [-0.3, -0.25) is 4.68 Å². The fourth-order valence-corrected chi connectivity index (χ4v) is 2.07. The van der Waals surface area contributed by atoms with Gasteiger partial charge in [-0.2, -0.15) is 5.10 Å². The molecule has 0 saturated heterocycles. The lowest BCUT2D eigenvalue weighted by Gasteiger charge is -2.15. The van der Waals surface area contributed by atoms with E-state index in [0.29, 0.717) is 10.6 Å². The predicted octanol–water partition coefficient (Wildman–Crippen LogP) is 2.54. The van der Waals surface area contributed by atoms with Gasteiger partial charge in [-0.1, -0.05) is 23.7 Å². The summed E-state index contributed by atoms with van der Waals surface area (Å²) in [7, 11) is 2.99. The van der Waals surface area contributed by atoms with Crippen LogP contribution in [0.1, 0.15) is 17.2 Å². The Labute approximate surface area is 138 Å². The molecule has 0 bridgehead atoms. The van der Waals surface area contributed by atoms with E-state index in [1.807, 2.05) is 0 Å². The van der Waals surface area contributed by atoms with Gasteiger partial charge in [-0.25, -0.2) is 9.59 Å². The molecule has 0 amide bonds. The van der Waals surface area contributed by atoms with Gasteiger partial charge < -0.3 is 9.47 Å². The van der Waals surface area contributed by atoms with Crippen molar-refractivity contribution < 1.29 is 19.1 Å². The molecule has 1 unspecified atom stereocenters. The van der Waals surface area contributed by atoms with Crippen LogP contribution in [0.15, 0.2) is 42.7 Å². The van der Waals surface area contributed by atoms with Crippen molar-refractivity contribution in [3.05, 3.63) is 58.9 Å². The van der Waals surface area contributed by atoms with Gasteiger partial charge in [-0.05, 0) is 18.2 Å². The van der Waals surface area contributed by atoms with Gasteiger partial charge >= 0.3 is 11.9 Å². The van der Waals surface area contributed by atoms with Crippen molar-refractivity contribution in [2.24, 2.45) is 7.05 Å². The lowest BCUT2D eigenvalue weighted by molar-refractivity contribution is -0.163. The van der Waals surface area contributed by atoms with Gasteiger partial charge in [0.1, 0.15) is 0 Å². The highest BCUT2D eigenvalue weighted by Crippen LogP contribution is 2.22. The van der Waals surface area contributed by atoms with Crippen LogP contribution in [0.2, 0.25) is 5.02 Å². The maximum absolute atomic E-state index is 11.9. The Hall–Kier alpha value is -2.60. The molecule has 0 spiro atoms. The van der Waals surface area contributed by atoms with E-state index < -0.39 is 18.0 Å². The lowest BCUT2D eigenvalue weighted by atomic mass is 10.1. The Morgan fingerprint density at radius 1 is 1.39 bits per heavy atom. The molecule has 0 aliphatic heterocycles. The average molecular weight is 335 g/mol. The maximum atomic E-state index is 11.9. The number of ether oxygens (including phenoxy) is 2. The first kappa shape index (κ1) is 16.8. The molecule has 0 N–H and O–H groups in total. The van der Waals surface area contributed by atoms with Crippen LogP contribution < -0.4 is 0 Å². The molecular weight excluding hydrogens is 320 g/mol. The zero-order chi connectivity index (χ0) is 16.8. The largest absolute Gasteiger partial charge is 0.466 e. The van der Waals surface area contributed by atoms with Crippen LogP contribution in [0.25, 0.3) is 6.08 Å². The molecule has 1 aromatic heterocycles. The molecule has 0 saturated carbocycles. The number of methoxy groups -OCH3 is 1. The molecule has 6 nitrogen and oxygen atoms in total. The SMILES string of the molecule is COC(=O)C(OC(=O)/C=C\c1cnn(C)c1)c1cccc(Cl)c1. The molecule has 2 rings (SSSR count). The van der Waals surface area contributed by atoms with E-state index in [0.717, 1.165) is 5.56 Å². The van der Waals surface area contributed by atoms with Gasteiger partial charge in [0, 0.05) is 35.5 Å². The average Bonchev–Trinajstić information content (AvgIpc) is 2.95. The third-order valence-corrected chi connectivity index (χ3v) is 3.17. The molecule has 0 aliphatic carbocycles. The van der Waals surface area contributed by atoms with Crippen LogP contribution in [0.3, 0.4) is 0 Å². The predicted molar refractivity (Wildman–Crippen MR) is 84.5 cm³/mol. The van der Waals surface area contributed by atoms with Crippen molar-refractivity contribution in [1.82, 2.24) is 9.78 Å². The molecule has 7 heteroatoms. The number of benzene rings is 1. The van der Waals surface area contributed by atoms with E-state index in [1.165, 1.54) is 13.2 Å². The molecule has 1 heterocycles. The second kappa shape index (κ2) is 7.60.